The maximum Gasteiger partial charge on any atom is 0.181 e. The molecule has 0 radical (unpaired) electrons. The van der Waals surface area contributed by atoms with Gasteiger partial charge in [0, 0.05) is 6.54 Å². The van der Waals surface area contributed by atoms with Crippen molar-refractivity contribution in [2.45, 2.75) is 6.92 Å². The van der Waals surface area contributed by atoms with Gasteiger partial charge in [-0.25, -0.2) is 19.6 Å². The summed E-state index contributed by atoms with van der Waals surface area (Å²) < 4.78 is 1.79. The van der Waals surface area contributed by atoms with Gasteiger partial charge >= 0.3 is 0 Å². The lowest BCUT2D eigenvalue weighted by molar-refractivity contribution is 0.900. The smallest absolute Gasteiger partial charge is 0.181 e. The van der Waals surface area contributed by atoms with Crippen LogP contribution in [-0.4, -0.2) is 26.2 Å². The third-order valence-electron chi connectivity index (χ3n) is 1.83. The number of nitrogens with zero attached hydrogens (tertiary/aromatic N) is 4. The number of rotatable bonds is 3. The van der Waals surface area contributed by atoms with E-state index in [1.54, 1.807) is 17.2 Å². The molecule has 2 aromatic heterocycles. The standard InChI is InChI=1S/C9H11N5/c1-2-3-4-13-14-7-12-8-5-10-6-11-9(8)14/h2-3,5-7,13H,4H2,1H3. The van der Waals surface area contributed by atoms with Crippen LogP contribution in [0.5, 0.6) is 0 Å². The molecule has 5 nitrogen and oxygen atoms in total. The van der Waals surface area contributed by atoms with Gasteiger partial charge in [0.1, 0.15) is 18.2 Å². The summed E-state index contributed by atoms with van der Waals surface area (Å²) in [5.41, 5.74) is 4.73. The van der Waals surface area contributed by atoms with Crippen molar-refractivity contribution >= 4 is 11.2 Å². The Morgan fingerprint density at radius 3 is 3.29 bits per heavy atom. The minimum absolute atomic E-state index is 0.756. The van der Waals surface area contributed by atoms with Crippen molar-refractivity contribution in [3.63, 3.8) is 0 Å². The van der Waals surface area contributed by atoms with Crippen LogP contribution in [0.15, 0.2) is 31.0 Å². The highest BCUT2D eigenvalue weighted by molar-refractivity contribution is 5.69. The molecule has 0 saturated heterocycles. The Kier molecular flexibility index (Phi) is 2.40. The van der Waals surface area contributed by atoms with Crippen molar-refractivity contribution in [1.82, 2.24) is 19.6 Å². The molecule has 0 bridgehead atoms. The molecule has 0 unspecified atom stereocenters. The molecule has 5 heteroatoms. The topological polar surface area (TPSA) is 55.6 Å². The minimum atomic E-state index is 0.756. The number of hydrogen-bond donors (Lipinski definition) is 1. The van der Waals surface area contributed by atoms with Crippen molar-refractivity contribution in [1.29, 1.82) is 0 Å². The van der Waals surface area contributed by atoms with E-state index >= 15 is 0 Å². The maximum absolute atomic E-state index is 4.15. The SMILES string of the molecule is CC=CCNn1cnc2cncnc21. The lowest BCUT2D eigenvalue weighted by Gasteiger charge is -2.03. The van der Waals surface area contributed by atoms with Gasteiger partial charge in [0.2, 0.25) is 0 Å². The highest BCUT2D eigenvalue weighted by atomic mass is 15.4. The largest absolute Gasteiger partial charge is 0.319 e. The van der Waals surface area contributed by atoms with E-state index in [4.69, 9.17) is 0 Å². The van der Waals surface area contributed by atoms with Gasteiger partial charge in [-0.15, -0.1) is 0 Å². The van der Waals surface area contributed by atoms with E-state index < -0.39 is 0 Å². The first-order valence-electron chi connectivity index (χ1n) is 4.40. The molecule has 72 valence electrons. The predicted octanol–water partition coefficient (Wildman–Crippen LogP) is 0.946. The van der Waals surface area contributed by atoms with E-state index in [-0.39, 0.29) is 0 Å². The van der Waals surface area contributed by atoms with Crippen LogP contribution in [0.25, 0.3) is 11.2 Å². The molecule has 0 aromatic carbocycles. The first-order valence-corrected chi connectivity index (χ1v) is 4.40. The molecule has 0 fully saturated rings. The third kappa shape index (κ3) is 1.56. The second-order valence-electron chi connectivity index (χ2n) is 2.78. The first-order chi connectivity index (χ1) is 6.92. The fraction of sp³-hybridized carbons (Fsp3) is 0.222. The second kappa shape index (κ2) is 3.87. The van der Waals surface area contributed by atoms with Crippen LogP contribution in [0.2, 0.25) is 0 Å². The Hall–Kier alpha value is -1.91. The number of hydrogen-bond acceptors (Lipinski definition) is 4. The Morgan fingerprint density at radius 2 is 2.43 bits per heavy atom. The molecular formula is C9H11N5. The molecule has 1 N–H and O–H groups in total. The average molecular weight is 189 g/mol. The van der Waals surface area contributed by atoms with Gasteiger partial charge in [0.15, 0.2) is 5.65 Å². The zero-order valence-corrected chi connectivity index (χ0v) is 7.88. The van der Waals surface area contributed by atoms with E-state index in [2.05, 4.69) is 20.4 Å². The van der Waals surface area contributed by atoms with Crippen molar-refractivity contribution in [3.05, 3.63) is 31.0 Å². The normalized spacial score (nSPS) is 11.2. The van der Waals surface area contributed by atoms with E-state index in [1.807, 2.05) is 19.1 Å². The quantitative estimate of drug-likeness (QED) is 0.730. The van der Waals surface area contributed by atoms with Crippen LogP contribution in [0, 0.1) is 0 Å². The van der Waals surface area contributed by atoms with Gasteiger partial charge in [0.05, 0.1) is 6.20 Å². The van der Waals surface area contributed by atoms with E-state index in [1.165, 1.54) is 6.33 Å². The molecule has 14 heavy (non-hydrogen) atoms. The van der Waals surface area contributed by atoms with Gasteiger partial charge in [-0.2, -0.15) is 0 Å². The summed E-state index contributed by atoms with van der Waals surface area (Å²) in [6.07, 6.45) is 8.91. The molecule has 2 heterocycles. The van der Waals surface area contributed by atoms with E-state index in [0.29, 0.717) is 0 Å². The molecule has 0 aliphatic heterocycles. The van der Waals surface area contributed by atoms with Gasteiger partial charge in [-0.05, 0) is 6.92 Å². The minimum Gasteiger partial charge on any atom is -0.319 e. The van der Waals surface area contributed by atoms with Crippen molar-refractivity contribution in [2.24, 2.45) is 0 Å². The molecule has 2 rings (SSSR count). The Labute approximate surface area is 81.5 Å². The highest BCUT2D eigenvalue weighted by Crippen LogP contribution is 2.04. The van der Waals surface area contributed by atoms with Crippen LogP contribution in [-0.2, 0) is 0 Å². The monoisotopic (exact) mass is 189 g/mol. The summed E-state index contributed by atoms with van der Waals surface area (Å²) in [4.78, 5) is 12.2. The van der Waals surface area contributed by atoms with Gasteiger partial charge < -0.3 is 5.43 Å². The number of aromatic nitrogens is 4. The van der Waals surface area contributed by atoms with Gasteiger partial charge in [-0.1, -0.05) is 12.2 Å². The Bertz CT molecular complexity index is 445. The number of fused-ring (bicyclic) bond motifs is 1. The van der Waals surface area contributed by atoms with Crippen LogP contribution < -0.4 is 5.43 Å². The van der Waals surface area contributed by atoms with Crippen molar-refractivity contribution < 1.29 is 0 Å². The average Bonchev–Trinajstić information content (AvgIpc) is 2.63. The molecule has 0 atom stereocenters. The number of nitrogens with one attached hydrogen (secondary N) is 1. The van der Waals surface area contributed by atoms with E-state index in [0.717, 1.165) is 17.7 Å². The van der Waals surface area contributed by atoms with Crippen LogP contribution >= 0.6 is 0 Å². The third-order valence-corrected chi connectivity index (χ3v) is 1.83. The van der Waals surface area contributed by atoms with Crippen LogP contribution in [0.3, 0.4) is 0 Å². The Morgan fingerprint density at radius 1 is 1.50 bits per heavy atom. The Balaban J connectivity index is 2.25. The molecular weight excluding hydrogens is 178 g/mol. The predicted molar refractivity (Wildman–Crippen MR) is 54.4 cm³/mol. The first kappa shape index (κ1) is 8.68. The highest BCUT2D eigenvalue weighted by Gasteiger charge is 2.00. The summed E-state index contributed by atoms with van der Waals surface area (Å²) in [6, 6.07) is 0. The summed E-state index contributed by atoms with van der Waals surface area (Å²) >= 11 is 0. The second-order valence-corrected chi connectivity index (χ2v) is 2.78. The summed E-state index contributed by atoms with van der Waals surface area (Å²) in [7, 11) is 0. The lowest BCUT2D eigenvalue weighted by Crippen LogP contribution is -2.13. The molecule has 2 aromatic rings. The van der Waals surface area contributed by atoms with Crippen LogP contribution in [0.1, 0.15) is 6.92 Å². The zero-order valence-electron chi connectivity index (χ0n) is 7.88. The summed E-state index contributed by atoms with van der Waals surface area (Å²) in [5, 5.41) is 0. The molecule has 0 aliphatic rings. The molecule has 0 aliphatic carbocycles. The fourth-order valence-corrected chi connectivity index (χ4v) is 1.15. The molecule has 0 amide bonds. The summed E-state index contributed by atoms with van der Waals surface area (Å²) in [6.45, 7) is 2.74. The van der Waals surface area contributed by atoms with Gasteiger partial charge in [-0.3, -0.25) is 0 Å². The lowest BCUT2D eigenvalue weighted by atomic mass is 10.5. The van der Waals surface area contributed by atoms with Crippen molar-refractivity contribution in [2.75, 3.05) is 12.0 Å². The number of imidazole rings is 1. The van der Waals surface area contributed by atoms with Crippen LogP contribution in [0.4, 0.5) is 0 Å². The molecule has 0 spiro atoms. The zero-order chi connectivity index (χ0) is 9.80. The summed E-state index contributed by atoms with van der Waals surface area (Å²) in [5.74, 6) is 0. The maximum atomic E-state index is 4.15. The number of allylic oxidation sites excluding steroid dienone is 1. The van der Waals surface area contributed by atoms with Crippen molar-refractivity contribution in [3.8, 4) is 0 Å². The molecule has 0 saturated carbocycles. The fourth-order valence-electron chi connectivity index (χ4n) is 1.15. The van der Waals surface area contributed by atoms with E-state index in [9.17, 15) is 0 Å². The van der Waals surface area contributed by atoms with Gasteiger partial charge in [0.25, 0.3) is 0 Å².